The fraction of sp³-hybridized carbons (Fsp3) is 0.667. The normalized spacial score (nSPS) is 30.3. The van der Waals surface area contributed by atoms with E-state index in [-0.39, 0.29) is 0 Å². The molecule has 15 heavy (non-hydrogen) atoms. The summed E-state index contributed by atoms with van der Waals surface area (Å²) in [5, 5.41) is 4.41. The lowest BCUT2D eigenvalue weighted by atomic mass is 9.93. The molecular weight excluding hydrogens is 204 g/mol. The monoisotopic (exact) mass is 224 g/mol. The van der Waals surface area contributed by atoms with Crippen LogP contribution in [0.5, 0.6) is 0 Å². The summed E-state index contributed by atoms with van der Waals surface area (Å²) in [5.74, 6) is 0.625. The number of nitrogens with zero attached hydrogens (tertiary/aromatic N) is 1. The largest absolute Gasteiger partial charge is 0.327 e. The summed E-state index contributed by atoms with van der Waals surface area (Å²) < 4.78 is 0. The van der Waals surface area contributed by atoms with E-state index in [9.17, 15) is 0 Å². The zero-order chi connectivity index (χ0) is 10.8. The summed E-state index contributed by atoms with van der Waals surface area (Å²) in [5.41, 5.74) is 7.48. The van der Waals surface area contributed by atoms with Gasteiger partial charge in [-0.1, -0.05) is 6.92 Å². The van der Waals surface area contributed by atoms with E-state index < -0.39 is 0 Å². The van der Waals surface area contributed by atoms with Crippen LogP contribution in [0.15, 0.2) is 16.8 Å². The quantitative estimate of drug-likeness (QED) is 0.836. The first-order valence-electron chi connectivity index (χ1n) is 5.70. The zero-order valence-electron chi connectivity index (χ0n) is 9.52. The number of rotatable bonds is 2. The molecule has 3 atom stereocenters. The molecule has 2 heterocycles. The molecule has 3 unspecified atom stereocenters. The Hall–Kier alpha value is -0.380. The molecule has 1 saturated heterocycles. The molecule has 1 aliphatic heterocycles. The smallest absolute Gasteiger partial charge is 0.0328 e. The molecule has 1 aromatic heterocycles. The second kappa shape index (κ2) is 4.64. The van der Waals surface area contributed by atoms with Crippen LogP contribution in [0.25, 0.3) is 0 Å². The molecule has 0 saturated carbocycles. The van der Waals surface area contributed by atoms with Crippen molar-refractivity contribution in [3.63, 3.8) is 0 Å². The number of piperidine rings is 1. The van der Waals surface area contributed by atoms with Gasteiger partial charge in [0.05, 0.1) is 0 Å². The van der Waals surface area contributed by atoms with Crippen molar-refractivity contribution in [2.75, 3.05) is 13.1 Å². The molecule has 0 aliphatic carbocycles. The van der Waals surface area contributed by atoms with Crippen molar-refractivity contribution in [2.24, 2.45) is 11.7 Å². The molecule has 0 bridgehead atoms. The van der Waals surface area contributed by atoms with Crippen LogP contribution in [0.4, 0.5) is 0 Å². The average Bonchev–Trinajstić information content (AvgIpc) is 2.74. The number of hydrogen-bond acceptors (Lipinski definition) is 3. The van der Waals surface area contributed by atoms with Crippen molar-refractivity contribution in [3.8, 4) is 0 Å². The van der Waals surface area contributed by atoms with Gasteiger partial charge >= 0.3 is 0 Å². The fourth-order valence-corrected chi connectivity index (χ4v) is 3.02. The second-order valence-electron chi connectivity index (χ2n) is 4.66. The Balaban J connectivity index is 2.00. The van der Waals surface area contributed by atoms with Gasteiger partial charge in [0.2, 0.25) is 0 Å². The van der Waals surface area contributed by atoms with Crippen LogP contribution in [-0.4, -0.2) is 24.0 Å². The van der Waals surface area contributed by atoms with Crippen molar-refractivity contribution in [1.82, 2.24) is 4.90 Å². The average molecular weight is 224 g/mol. The SMILES string of the molecule is CC1CN(C(C)c2ccsc2)CCC1N. The Morgan fingerprint density at radius 3 is 3.00 bits per heavy atom. The van der Waals surface area contributed by atoms with Gasteiger partial charge in [-0.15, -0.1) is 0 Å². The highest BCUT2D eigenvalue weighted by Crippen LogP contribution is 2.27. The molecule has 0 amide bonds. The first-order chi connectivity index (χ1) is 7.18. The highest BCUT2D eigenvalue weighted by Gasteiger charge is 2.26. The van der Waals surface area contributed by atoms with Gasteiger partial charge in [0.1, 0.15) is 0 Å². The summed E-state index contributed by atoms with van der Waals surface area (Å²) in [6.07, 6.45) is 1.13. The number of hydrogen-bond donors (Lipinski definition) is 1. The summed E-state index contributed by atoms with van der Waals surface area (Å²) in [7, 11) is 0. The molecule has 1 aromatic rings. The summed E-state index contributed by atoms with van der Waals surface area (Å²) >= 11 is 1.78. The third-order valence-corrected chi connectivity index (χ3v) is 4.28. The van der Waals surface area contributed by atoms with E-state index in [2.05, 4.69) is 35.6 Å². The van der Waals surface area contributed by atoms with Crippen molar-refractivity contribution < 1.29 is 0 Å². The lowest BCUT2D eigenvalue weighted by Crippen LogP contribution is -2.46. The van der Waals surface area contributed by atoms with Gasteiger partial charge in [-0.3, -0.25) is 4.90 Å². The highest BCUT2D eigenvalue weighted by molar-refractivity contribution is 7.07. The van der Waals surface area contributed by atoms with Gasteiger partial charge < -0.3 is 5.73 Å². The van der Waals surface area contributed by atoms with Crippen molar-refractivity contribution in [2.45, 2.75) is 32.4 Å². The molecule has 0 radical (unpaired) electrons. The Morgan fingerprint density at radius 1 is 1.60 bits per heavy atom. The van der Waals surface area contributed by atoms with Gasteiger partial charge in [0.25, 0.3) is 0 Å². The Bertz CT molecular complexity index is 297. The lowest BCUT2D eigenvalue weighted by Gasteiger charge is -2.38. The van der Waals surface area contributed by atoms with Crippen LogP contribution in [0.3, 0.4) is 0 Å². The van der Waals surface area contributed by atoms with E-state index in [1.165, 1.54) is 5.56 Å². The minimum Gasteiger partial charge on any atom is -0.327 e. The van der Waals surface area contributed by atoms with Gasteiger partial charge in [0, 0.05) is 25.2 Å². The first-order valence-corrected chi connectivity index (χ1v) is 6.64. The van der Waals surface area contributed by atoms with Crippen LogP contribution >= 0.6 is 11.3 Å². The maximum absolute atomic E-state index is 6.03. The Morgan fingerprint density at radius 2 is 2.40 bits per heavy atom. The summed E-state index contributed by atoms with van der Waals surface area (Å²) in [6, 6.07) is 3.18. The van der Waals surface area contributed by atoms with Crippen molar-refractivity contribution in [3.05, 3.63) is 22.4 Å². The minimum atomic E-state index is 0.399. The fourth-order valence-electron chi connectivity index (χ4n) is 2.27. The van der Waals surface area contributed by atoms with E-state index in [0.717, 1.165) is 19.5 Å². The standard InChI is InChI=1S/C12H20N2S/c1-9-7-14(5-3-12(9)13)10(2)11-4-6-15-8-11/h4,6,8-10,12H,3,5,7,13H2,1-2H3. The molecule has 84 valence electrons. The van der Waals surface area contributed by atoms with Crippen molar-refractivity contribution >= 4 is 11.3 Å². The maximum Gasteiger partial charge on any atom is 0.0328 e. The van der Waals surface area contributed by atoms with Crippen LogP contribution in [0.2, 0.25) is 0 Å². The van der Waals surface area contributed by atoms with E-state index in [1.54, 1.807) is 11.3 Å². The molecule has 1 fully saturated rings. The van der Waals surface area contributed by atoms with Gasteiger partial charge in [0.15, 0.2) is 0 Å². The molecule has 0 aromatic carbocycles. The summed E-state index contributed by atoms with van der Waals surface area (Å²) in [4.78, 5) is 2.55. The minimum absolute atomic E-state index is 0.399. The highest BCUT2D eigenvalue weighted by atomic mass is 32.1. The summed E-state index contributed by atoms with van der Waals surface area (Å²) in [6.45, 7) is 6.84. The maximum atomic E-state index is 6.03. The molecule has 0 spiro atoms. The van der Waals surface area contributed by atoms with Gasteiger partial charge in [-0.2, -0.15) is 11.3 Å². The number of thiophene rings is 1. The predicted octanol–water partition coefficient (Wildman–Crippen LogP) is 2.48. The molecule has 2 rings (SSSR count). The second-order valence-corrected chi connectivity index (χ2v) is 5.44. The van der Waals surface area contributed by atoms with Gasteiger partial charge in [-0.25, -0.2) is 0 Å². The van der Waals surface area contributed by atoms with E-state index >= 15 is 0 Å². The number of likely N-dealkylation sites (tertiary alicyclic amines) is 1. The topological polar surface area (TPSA) is 29.3 Å². The van der Waals surface area contributed by atoms with Gasteiger partial charge in [-0.05, 0) is 41.7 Å². The van der Waals surface area contributed by atoms with E-state index in [1.807, 2.05) is 0 Å². The van der Waals surface area contributed by atoms with Crippen LogP contribution in [0.1, 0.15) is 31.9 Å². The van der Waals surface area contributed by atoms with Crippen LogP contribution in [0, 0.1) is 5.92 Å². The predicted molar refractivity (Wildman–Crippen MR) is 66.1 cm³/mol. The van der Waals surface area contributed by atoms with Crippen LogP contribution in [-0.2, 0) is 0 Å². The molecule has 3 heteroatoms. The molecule has 2 nitrogen and oxygen atoms in total. The van der Waals surface area contributed by atoms with Crippen LogP contribution < -0.4 is 5.73 Å². The third kappa shape index (κ3) is 2.41. The van der Waals surface area contributed by atoms with E-state index in [0.29, 0.717) is 18.0 Å². The molecular formula is C12H20N2S. The first kappa shape index (κ1) is 11.1. The lowest BCUT2D eigenvalue weighted by molar-refractivity contribution is 0.124. The van der Waals surface area contributed by atoms with E-state index in [4.69, 9.17) is 5.73 Å². The molecule has 1 aliphatic rings. The zero-order valence-corrected chi connectivity index (χ0v) is 10.3. The molecule has 2 N–H and O–H groups in total. The Kier molecular flexibility index (Phi) is 3.44. The Labute approximate surface area is 96.1 Å². The van der Waals surface area contributed by atoms with Crippen molar-refractivity contribution in [1.29, 1.82) is 0 Å². The number of nitrogens with two attached hydrogens (primary N) is 1. The third-order valence-electron chi connectivity index (χ3n) is 3.58.